The molecule has 0 aliphatic carbocycles. The zero-order chi connectivity index (χ0) is 12.1. The Morgan fingerprint density at radius 1 is 1.35 bits per heavy atom. The fourth-order valence-electron chi connectivity index (χ4n) is 1.59. The van der Waals surface area contributed by atoms with Gasteiger partial charge in [-0.15, -0.1) is 0 Å². The molecule has 88 valence electrons. The number of fused-ring (bicyclic) bond motifs is 1. The lowest BCUT2D eigenvalue weighted by Gasteiger charge is -2.00. The van der Waals surface area contributed by atoms with Gasteiger partial charge in [-0.2, -0.15) is 0 Å². The smallest absolute Gasteiger partial charge is 0.140 e. The molecule has 1 N–H and O–H groups in total. The third-order valence-electron chi connectivity index (χ3n) is 2.48. The maximum absolute atomic E-state index is 5.98. The highest BCUT2D eigenvalue weighted by Gasteiger charge is 2.00. The molecule has 2 aromatic rings. The van der Waals surface area contributed by atoms with Gasteiger partial charge >= 0.3 is 0 Å². The Labute approximate surface area is 106 Å². The summed E-state index contributed by atoms with van der Waals surface area (Å²) in [6.45, 7) is 0.984. The molecule has 0 aliphatic rings. The van der Waals surface area contributed by atoms with E-state index in [1.807, 2.05) is 25.2 Å². The number of nitrogens with zero attached hydrogens (tertiary/aromatic N) is 2. The van der Waals surface area contributed by atoms with Gasteiger partial charge in [-0.1, -0.05) is 29.8 Å². The first-order valence-electron chi connectivity index (χ1n) is 5.52. The van der Waals surface area contributed by atoms with Gasteiger partial charge < -0.3 is 5.32 Å². The minimum Gasteiger partial charge on any atom is -0.319 e. The number of rotatable bonds is 4. The molecule has 0 spiro atoms. The largest absolute Gasteiger partial charge is 0.319 e. The van der Waals surface area contributed by atoms with Crippen molar-refractivity contribution < 1.29 is 0 Å². The second-order valence-corrected chi connectivity index (χ2v) is 4.09. The van der Waals surface area contributed by atoms with Crippen molar-refractivity contribution in [3.63, 3.8) is 0 Å². The van der Waals surface area contributed by atoms with Gasteiger partial charge in [-0.25, -0.2) is 9.97 Å². The summed E-state index contributed by atoms with van der Waals surface area (Å²) in [6.07, 6.45) is 6.73. The van der Waals surface area contributed by atoms with E-state index in [0.29, 0.717) is 5.15 Å². The maximum Gasteiger partial charge on any atom is 0.140 e. The number of nitrogens with one attached hydrogen (secondary N) is 1. The molecule has 17 heavy (non-hydrogen) atoms. The van der Waals surface area contributed by atoms with Gasteiger partial charge in [0.15, 0.2) is 0 Å². The molecular formula is C13H14ClN3. The van der Waals surface area contributed by atoms with Crippen LogP contribution >= 0.6 is 11.6 Å². The van der Waals surface area contributed by atoms with Crippen molar-refractivity contribution in [3.05, 3.63) is 41.3 Å². The summed E-state index contributed by atoms with van der Waals surface area (Å²) in [5, 5.41) is 4.49. The topological polar surface area (TPSA) is 37.8 Å². The predicted octanol–water partition coefficient (Wildman–Crippen LogP) is 2.91. The van der Waals surface area contributed by atoms with E-state index in [0.717, 1.165) is 29.4 Å². The standard InChI is InChI=1S/C13H14ClN3/c1-15-7-3-2-4-10-5-6-11-12(8-10)16-9-17-13(11)14/h2,4-6,8-9,15H,3,7H2,1H3. The average molecular weight is 248 g/mol. The molecule has 4 heteroatoms. The van der Waals surface area contributed by atoms with E-state index in [9.17, 15) is 0 Å². The summed E-state index contributed by atoms with van der Waals surface area (Å²) < 4.78 is 0. The quantitative estimate of drug-likeness (QED) is 0.667. The zero-order valence-electron chi connectivity index (χ0n) is 9.65. The van der Waals surface area contributed by atoms with Crippen molar-refractivity contribution in [2.45, 2.75) is 6.42 Å². The highest BCUT2D eigenvalue weighted by Crippen LogP contribution is 2.20. The molecule has 0 radical (unpaired) electrons. The van der Waals surface area contributed by atoms with E-state index < -0.39 is 0 Å². The molecule has 1 aromatic carbocycles. The van der Waals surface area contributed by atoms with Gasteiger partial charge in [0.05, 0.1) is 5.52 Å². The van der Waals surface area contributed by atoms with Crippen LogP contribution in [0.15, 0.2) is 30.6 Å². The molecule has 1 aromatic heterocycles. The van der Waals surface area contributed by atoms with Crippen molar-refractivity contribution in [3.8, 4) is 0 Å². The van der Waals surface area contributed by atoms with Crippen LogP contribution in [-0.4, -0.2) is 23.6 Å². The van der Waals surface area contributed by atoms with Crippen LogP contribution in [-0.2, 0) is 0 Å². The number of halogens is 1. The second kappa shape index (κ2) is 5.75. The Balaban J connectivity index is 2.23. The van der Waals surface area contributed by atoms with Crippen LogP contribution in [0.1, 0.15) is 12.0 Å². The third kappa shape index (κ3) is 3.02. The molecule has 0 amide bonds. The van der Waals surface area contributed by atoms with Gasteiger partial charge in [0.2, 0.25) is 0 Å². The fraction of sp³-hybridized carbons (Fsp3) is 0.231. The van der Waals surface area contributed by atoms with Crippen molar-refractivity contribution in [2.75, 3.05) is 13.6 Å². The molecule has 0 saturated carbocycles. The number of hydrogen-bond acceptors (Lipinski definition) is 3. The summed E-state index contributed by atoms with van der Waals surface area (Å²) in [4.78, 5) is 8.16. The molecular weight excluding hydrogens is 234 g/mol. The van der Waals surface area contributed by atoms with Gasteiger partial charge in [-0.3, -0.25) is 0 Å². The maximum atomic E-state index is 5.98. The predicted molar refractivity (Wildman–Crippen MR) is 72.1 cm³/mol. The van der Waals surface area contributed by atoms with Gasteiger partial charge in [0.1, 0.15) is 11.5 Å². The minimum absolute atomic E-state index is 0.501. The van der Waals surface area contributed by atoms with Crippen LogP contribution in [0.3, 0.4) is 0 Å². The Bertz CT molecular complexity index is 537. The van der Waals surface area contributed by atoms with Crippen LogP contribution in [0.2, 0.25) is 5.15 Å². The van der Waals surface area contributed by atoms with E-state index in [4.69, 9.17) is 11.6 Å². The molecule has 2 rings (SSSR count). The number of benzene rings is 1. The molecule has 0 atom stereocenters. The first-order valence-corrected chi connectivity index (χ1v) is 5.90. The summed E-state index contributed by atoms with van der Waals surface area (Å²) in [6, 6.07) is 5.99. The third-order valence-corrected chi connectivity index (χ3v) is 2.78. The normalized spacial score (nSPS) is 11.4. The monoisotopic (exact) mass is 247 g/mol. The lowest BCUT2D eigenvalue weighted by Crippen LogP contribution is -2.05. The van der Waals surface area contributed by atoms with Crippen molar-refractivity contribution in [1.82, 2.24) is 15.3 Å². The van der Waals surface area contributed by atoms with E-state index in [2.05, 4.69) is 27.4 Å². The van der Waals surface area contributed by atoms with Crippen LogP contribution in [0.25, 0.3) is 17.0 Å². The van der Waals surface area contributed by atoms with Crippen LogP contribution < -0.4 is 5.32 Å². The van der Waals surface area contributed by atoms with Crippen LogP contribution in [0.4, 0.5) is 0 Å². The molecule has 0 bridgehead atoms. The Morgan fingerprint density at radius 2 is 2.24 bits per heavy atom. The fourth-order valence-corrected chi connectivity index (χ4v) is 1.80. The van der Waals surface area contributed by atoms with E-state index in [1.165, 1.54) is 6.33 Å². The molecule has 3 nitrogen and oxygen atoms in total. The lowest BCUT2D eigenvalue weighted by atomic mass is 10.1. The van der Waals surface area contributed by atoms with E-state index >= 15 is 0 Å². The van der Waals surface area contributed by atoms with Crippen LogP contribution in [0.5, 0.6) is 0 Å². The highest BCUT2D eigenvalue weighted by atomic mass is 35.5. The van der Waals surface area contributed by atoms with E-state index in [-0.39, 0.29) is 0 Å². The molecule has 0 aliphatic heterocycles. The summed E-state index contributed by atoms with van der Waals surface area (Å²) >= 11 is 5.98. The summed E-state index contributed by atoms with van der Waals surface area (Å²) in [7, 11) is 1.95. The van der Waals surface area contributed by atoms with E-state index in [1.54, 1.807) is 0 Å². The molecule has 0 saturated heterocycles. The Kier molecular flexibility index (Phi) is 4.07. The first-order chi connectivity index (χ1) is 8.31. The van der Waals surface area contributed by atoms with Crippen molar-refractivity contribution >= 4 is 28.6 Å². The highest BCUT2D eigenvalue weighted by molar-refractivity contribution is 6.34. The minimum atomic E-state index is 0.501. The summed E-state index contributed by atoms with van der Waals surface area (Å²) in [5.74, 6) is 0. The molecule has 0 fully saturated rings. The van der Waals surface area contributed by atoms with Crippen molar-refractivity contribution in [1.29, 1.82) is 0 Å². The Hall–Kier alpha value is -1.45. The zero-order valence-corrected chi connectivity index (χ0v) is 10.4. The van der Waals surface area contributed by atoms with Gasteiger partial charge in [-0.05, 0) is 37.7 Å². The van der Waals surface area contributed by atoms with Gasteiger partial charge in [0, 0.05) is 5.39 Å². The molecule has 1 heterocycles. The lowest BCUT2D eigenvalue weighted by molar-refractivity contribution is 0.809. The number of hydrogen-bond donors (Lipinski definition) is 1. The Morgan fingerprint density at radius 3 is 3.06 bits per heavy atom. The van der Waals surface area contributed by atoms with Crippen LogP contribution in [0, 0.1) is 0 Å². The SMILES string of the molecule is CNCCC=Cc1ccc2c(Cl)ncnc2c1. The first kappa shape index (κ1) is 12.0. The van der Waals surface area contributed by atoms with Gasteiger partial charge in [0.25, 0.3) is 0 Å². The van der Waals surface area contributed by atoms with Crippen molar-refractivity contribution in [2.24, 2.45) is 0 Å². The number of aromatic nitrogens is 2. The molecule has 0 unspecified atom stereocenters. The summed E-state index contributed by atoms with van der Waals surface area (Å²) in [5.41, 5.74) is 2.00. The second-order valence-electron chi connectivity index (χ2n) is 3.74. The average Bonchev–Trinajstić information content (AvgIpc) is 2.35.